The molecule has 0 radical (unpaired) electrons. The Morgan fingerprint density at radius 1 is 0.909 bits per heavy atom. The molecular weight excluding hydrogens is 393 g/mol. The second kappa shape index (κ2) is 9.26. The third kappa shape index (κ3) is 4.25. The Balaban J connectivity index is 2.45. The van der Waals surface area contributed by atoms with E-state index in [-0.39, 0.29) is 0 Å². The number of benzene rings is 1. The van der Waals surface area contributed by atoms with Gasteiger partial charge in [0.1, 0.15) is 0 Å². The molecule has 0 aliphatic rings. The van der Waals surface area contributed by atoms with Gasteiger partial charge in [-0.05, 0) is 0 Å². The zero-order valence-electron chi connectivity index (χ0n) is 14.5. The van der Waals surface area contributed by atoms with Crippen LogP contribution in [-0.2, 0) is 0 Å². The molecule has 0 amide bonds. The predicted octanol–water partition coefficient (Wildman–Crippen LogP) is 6.35. The Bertz CT molecular complexity index is 542. The van der Waals surface area contributed by atoms with Gasteiger partial charge < -0.3 is 0 Å². The van der Waals surface area contributed by atoms with Gasteiger partial charge in [0.05, 0.1) is 0 Å². The van der Waals surface area contributed by atoms with Gasteiger partial charge in [-0.25, -0.2) is 0 Å². The summed E-state index contributed by atoms with van der Waals surface area (Å²) in [6, 6.07) is 7.03. The second-order valence-corrected chi connectivity index (χ2v) is 20.6. The molecule has 0 bridgehead atoms. The zero-order chi connectivity index (χ0) is 15.8. The van der Waals surface area contributed by atoms with Crippen LogP contribution in [0.3, 0.4) is 0 Å². The van der Waals surface area contributed by atoms with Crippen molar-refractivity contribution in [3.63, 3.8) is 0 Å². The van der Waals surface area contributed by atoms with E-state index in [0.29, 0.717) is 0 Å². The molecule has 0 aliphatic carbocycles. The van der Waals surface area contributed by atoms with E-state index in [1.807, 2.05) is 0 Å². The molecule has 0 fully saturated rings. The van der Waals surface area contributed by atoms with Crippen molar-refractivity contribution in [1.29, 1.82) is 0 Å². The average molecular weight is 424 g/mol. The normalized spacial score (nSPS) is 12.1. The molecule has 0 unspecified atom stereocenters. The van der Waals surface area contributed by atoms with Gasteiger partial charge in [-0.3, -0.25) is 0 Å². The van der Waals surface area contributed by atoms with Crippen molar-refractivity contribution in [2.75, 3.05) is 0 Å². The summed E-state index contributed by atoms with van der Waals surface area (Å²) in [7, 11) is 0. The average Bonchev–Trinajstić information content (AvgIpc) is 3.03. The van der Waals surface area contributed by atoms with Crippen LogP contribution in [0.5, 0.6) is 0 Å². The van der Waals surface area contributed by atoms with Crippen LogP contribution in [0, 0.1) is 0 Å². The van der Waals surface area contributed by atoms with Crippen molar-refractivity contribution in [2.45, 2.75) is 72.6 Å². The molecule has 1 aromatic carbocycles. The van der Waals surface area contributed by atoms with E-state index in [1.165, 1.54) is 48.6 Å². The van der Waals surface area contributed by atoms with Crippen molar-refractivity contribution in [1.82, 2.24) is 4.37 Å². The summed E-state index contributed by atoms with van der Waals surface area (Å²) in [4.78, 5) is 0. The zero-order valence-corrected chi connectivity index (χ0v) is 18.2. The number of hydrogen-bond acceptors (Lipinski definition) is 2. The Morgan fingerprint density at radius 2 is 1.50 bits per heavy atom. The van der Waals surface area contributed by atoms with Gasteiger partial charge in [-0.15, -0.1) is 0 Å². The molecule has 0 aliphatic heterocycles. The summed E-state index contributed by atoms with van der Waals surface area (Å²) in [6.07, 6.45) is 10.4. The van der Waals surface area contributed by atoms with Gasteiger partial charge in [-0.1, -0.05) is 0 Å². The molecule has 0 spiro atoms. The van der Waals surface area contributed by atoms with Gasteiger partial charge >= 0.3 is 145 Å². The van der Waals surface area contributed by atoms with E-state index in [9.17, 15) is 0 Å². The Labute approximate surface area is 144 Å². The van der Waals surface area contributed by atoms with Crippen LogP contribution in [0.15, 0.2) is 24.4 Å². The van der Waals surface area contributed by atoms with Crippen LogP contribution in [0.1, 0.15) is 59.3 Å². The molecule has 2 rings (SSSR count). The summed E-state index contributed by atoms with van der Waals surface area (Å²) < 4.78 is 12.4. The summed E-state index contributed by atoms with van der Waals surface area (Å²) >= 11 is -0.550. The summed E-state index contributed by atoms with van der Waals surface area (Å²) in [5.41, 5.74) is 0. The van der Waals surface area contributed by atoms with Gasteiger partial charge in [0.2, 0.25) is 0 Å². The molecule has 1 nitrogen and oxygen atoms in total. The third-order valence-electron chi connectivity index (χ3n) is 4.98. The van der Waals surface area contributed by atoms with Crippen LogP contribution < -0.4 is 3.58 Å². The standard InChI is InChI=1S/C7H4NS.3C4H9.Sn/c1-2-4-7-6(3-1)5-8-9-7;3*1-3-4-2;/h1-3,5H;3*1,3-4H2,2H3;. The molecule has 22 heavy (non-hydrogen) atoms. The Morgan fingerprint density at radius 3 is 2.05 bits per heavy atom. The molecule has 0 N–H and O–H groups in total. The molecule has 2 aromatic rings. The van der Waals surface area contributed by atoms with Crippen molar-refractivity contribution in [3.05, 3.63) is 24.4 Å². The van der Waals surface area contributed by atoms with E-state index in [0.717, 1.165) is 0 Å². The first kappa shape index (κ1) is 18.3. The molecule has 3 heteroatoms. The third-order valence-corrected chi connectivity index (χ3v) is 22.0. The molecule has 0 saturated carbocycles. The van der Waals surface area contributed by atoms with Gasteiger partial charge in [-0.2, -0.15) is 0 Å². The van der Waals surface area contributed by atoms with Crippen LogP contribution in [0.4, 0.5) is 0 Å². The van der Waals surface area contributed by atoms with Gasteiger partial charge in [0, 0.05) is 0 Å². The van der Waals surface area contributed by atoms with Crippen molar-refractivity contribution in [2.24, 2.45) is 0 Å². The minimum atomic E-state index is -2.29. The fourth-order valence-corrected chi connectivity index (χ4v) is 22.5. The van der Waals surface area contributed by atoms with Gasteiger partial charge in [0.25, 0.3) is 0 Å². The van der Waals surface area contributed by atoms with E-state index < -0.39 is 18.4 Å². The monoisotopic (exact) mass is 425 g/mol. The van der Waals surface area contributed by atoms with Crippen LogP contribution >= 0.6 is 11.5 Å². The van der Waals surface area contributed by atoms with Gasteiger partial charge in [0.15, 0.2) is 0 Å². The van der Waals surface area contributed by atoms with E-state index in [1.54, 1.807) is 28.4 Å². The van der Waals surface area contributed by atoms with Crippen molar-refractivity contribution in [3.8, 4) is 0 Å². The van der Waals surface area contributed by atoms with Crippen LogP contribution in [0.2, 0.25) is 13.3 Å². The summed E-state index contributed by atoms with van der Waals surface area (Å²) in [6.45, 7) is 7.05. The number of nitrogens with zero attached hydrogens (tertiary/aromatic N) is 1. The van der Waals surface area contributed by atoms with Crippen LogP contribution in [-0.4, -0.2) is 22.8 Å². The first-order valence-corrected chi connectivity index (χ1v) is 17.4. The number of fused-ring (bicyclic) bond motifs is 1. The summed E-state index contributed by atoms with van der Waals surface area (Å²) in [5, 5.41) is 1.38. The summed E-state index contributed by atoms with van der Waals surface area (Å²) in [5.74, 6) is 0. The molecule has 0 atom stereocenters. The number of rotatable bonds is 10. The predicted molar refractivity (Wildman–Crippen MR) is 104 cm³/mol. The van der Waals surface area contributed by atoms with E-state index in [2.05, 4.69) is 49.5 Å². The molecule has 1 heterocycles. The Hall–Kier alpha value is -0.0913. The first-order chi connectivity index (χ1) is 10.8. The molecule has 1 aromatic heterocycles. The topological polar surface area (TPSA) is 12.9 Å². The SMILES string of the molecule is CCC[CH2][Sn]([CH2]CCC)([CH2]CCC)[c]1cccc2cnsc12. The molecule has 0 saturated heterocycles. The Kier molecular flexibility index (Phi) is 7.69. The number of aromatic nitrogens is 1. The second-order valence-electron chi connectivity index (χ2n) is 6.64. The maximum atomic E-state index is 4.49. The first-order valence-electron chi connectivity index (χ1n) is 9.11. The maximum absolute atomic E-state index is 4.49. The minimum absolute atomic E-state index is 1.34. The van der Waals surface area contributed by atoms with Crippen molar-refractivity contribution < 1.29 is 0 Å². The number of unbranched alkanes of at least 4 members (excludes halogenated alkanes) is 3. The fraction of sp³-hybridized carbons (Fsp3) is 0.632. The van der Waals surface area contributed by atoms with E-state index >= 15 is 0 Å². The fourth-order valence-electron chi connectivity index (χ4n) is 3.64. The van der Waals surface area contributed by atoms with Crippen LogP contribution in [0.25, 0.3) is 10.1 Å². The molecule has 122 valence electrons. The van der Waals surface area contributed by atoms with Crippen molar-refractivity contribution >= 4 is 43.6 Å². The molecular formula is C19H31NSSn. The number of hydrogen-bond donors (Lipinski definition) is 0. The quantitative estimate of drug-likeness (QED) is 0.405. The van der Waals surface area contributed by atoms with E-state index in [4.69, 9.17) is 0 Å².